The van der Waals surface area contributed by atoms with Gasteiger partial charge in [0.1, 0.15) is 11.6 Å². The fourth-order valence-electron chi connectivity index (χ4n) is 3.23. The van der Waals surface area contributed by atoms with Gasteiger partial charge in [0.05, 0.1) is 4.90 Å². The molecule has 162 valence electrons. The lowest BCUT2D eigenvalue weighted by atomic mass is 10.2. The first-order valence-corrected chi connectivity index (χ1v) is 11.3. The third kappa shape index (κ3) is 5.48. The number of hydrogen-bond donors (Lipinski definition) is 1. The third-order valence-electron chi connectivity index (χ3n) is 5.08. The summed E-state index contributed by atoms with van der Waals surface area (Å²) in [5.41, 5.74) is 0.865. The number of amides is 1. The molecule has 0 saturated carbocycles. The first-order chi connectivity index (χ1) is 14.3. The maximum atomic E-state index is 13.0. The Bertz CT molecular complexity index is 988. The number of hydrogen-bond acceptors (Lipinski definition) is 5. The van der Waals surface area contributed by atoms with E-state index in [0.29, 0.717) is 24.4 Å². The van der Waals surface area contributed by atoms with E-state index in [-0.39, 0.29) is 23.1 Å². The Morgan fingerprint density at radius 2 is 1.77 bits per heavy atom. The van der Waals surface area contributed by atoms with Crippen molar-refractivity contribution in [2.45, 2.75) is 18.7 Å². The number of piperazine rings is 1. The average Bonchev–Trinajstić information content (AvgIpc) is 2.74. The fraction of sp³-hybridized carbons (Fsp3) is 0.381. The van der Waals surface area contributed by atoms with E-state index >= 15 is 0 Å². The summed E-state index contributed by atoms with van der Waals surface area (Å²) in [4.78, 5) is 16.5. The molecular formula is C21H26FN3O4S. The molecule has 1 aliphatic heterocycles. The van der Waals surface area contributed by atoms with E-state index in [1.807, 2.05) is 0 Å². The van der Waals surface area contributed by atoms with Gasteiger partial charge in [0, 0.05) is 31.9 Å². The van der Waals surface area contributed by atoms with E-state index in [9.17, 15) is 17.6 Å². The normalized spacial score (nSPS) is 15.1. The molecule has 1 fully saturated rings. The summed E-state index contributed by atoms with van der Waals surface area (Å²) in [5.74, 6) is -0.0758. The lowest BCUT2D eigenvalue weighted by molar-refractivity contribution is -0.135. The van der Waals surface area contributed by atoms with Crippen molar-refractivity contribution in [1.82, 2.24) is 9.80 Å². The van der Waals surface area contributed by atoms with Gasteiger partial charge in [0.15, 0.2) is 6.61 Å². The number of rotatable bonds is 7. The molecule has 0 aliphatic carbocycles. The van der Waals surface area contributed by atoms with Gasteiger partial charge in [-0.3, -0.25) is 9.52 Å². The second kappa shape index (κ2) is 9.44. The molecule has 0 bridgehead atoms. The van der Waals surface area contributed by atoms with Crippen LogP contribution in [0, 0.1) is 12.7 Å². The molecule has 0 unspecified atom stereocenters. The van der Waals surface area contributed by atoms with Gasteiger partial charge in [-0.1, -0.05) is 6.92 Å². The van der Waals surface area contributed by atoms with Gasteiger partial charge in [0.25, 0.3) is 15.9 Å². The number of carbonyl (C=O) groups excluding carboxylic acids is 1. The van der Waals surface area contributed by atoms with Crippen LogP contribution in [-0.4, -0.2) is 63.5 Å². The van der Waals surface area contributed by atoms with Gasteiger partial charge in [-0.2, -0.15) is 0 Å². The number of carbonyl (C=O) groups is 1. The van der Waals surface area contributed by atoms with E-state index in [0.717, 1.165) is 19.6 Å². The topological polar surface area (TPSA) is 79.0 Å². The number of nitrogens with zero attached hydrogens (tertiary/aromatic N) is 2. The average molecular weight is 436 g/mol. The summed E-state index contributed by atoms with van der Waals surface area (Å²) in [6.45, 7) is 7.78. The molecule has 3 rings (SSSR count). The minimum atomic E-state index is -3.83. The molecule has 2 aromatic carbocycles. The molecule has 1 heterocycles. The van der Waals surface area contributed by atoms with Gasteiger partial charge in [0.2, 0.25) is 0 Å². The molecular weight excluding hydrogens is 409 g/mol. The van der Waals surface area contributed by atoms with Crippen molar-refractivity contribution in [3.05, 3.63) is 53.8 Å². The van der Waals surface area contributed by atoms with E-state index in [1.165, 1.54) is 42.5 Å². The Balaban J connectivity index is 1.60. The van der Waals surface area contributed by atoms with Crippen molar-refractivity contribution >= 4 is 21.6 Å². The van der Waals surface area contributed by atoms with Crippen LogP contribution in [0.3, 0.4) is 0 Å². The summed E-state index contributed by atoms with van der Waals surface area (Å²) in [6, 6.07) is 9.49. The highest BCUT2D eigenvalue weighted by Gasteiger charge is 2.21. The SMILES string of the molecule is CCN1CCN(C(=O)COc2ccc(S(=O)(=O)Nc3ccc(F)cc3)cc2C)CC1. The zero-order chi connectivity index (χ0) is 21.7. The predicted molar refractivity (Wildman–Crippen MR) is 113 cm³/mol. The number of halogens is 1. The van der Waals surface area contributed by atoms with Crippen LogP contribution in [0.2, 0.25) is 0 Å². The van der Waals surface area contributed by atoms with Crippen LogP contribution < -0.4 is 9.46 Å². The van der Waals surface area contributed by atoms with Gasteiger partial charge in [-0.15, -0.1) is 0 Å². The number of anilines is 1. The lowest BCUT2D eigenvalue weighted by Crippen LogP contribution is -2.49. The highest BCUT2D eigenvalue weighted by molar-refractivity contribution is 7.92. The molecule has 1 amide bonds. The summed E-state index contributed by atoms with van der Waals surface area (Å²) in [6.07, 6.45) is 0. The maximum Gasteiger partial charge on any atom is 0.261 e. The summed E-state index contributed by atoms with van der Waals surface area (Å²) < 4.78 is 46.2. The highest BCUT2D eigenvalue weighted by Crippen LogP contribution is 2.24. The molecule has 1 aliphatic rings. The van der Waals surface area contributed by atoms with Gasteiger partial charge in [-0.05, 0) is 61.5 Å². The van der Waals surface area contributed by atoms with Crippen LogP contribution in [0.4, 0.5) is 10.1 Å². The molecule has 30 heavy (non-hydrogen) atoms. The molecule has 0 aromatic heterocycles. The van der Waals surface area contributed by atoms with E-state index in [4.69, 9.17) is 4.74 Å². The quantitative estimate of drug-likeness (QED) is 0.723. The Morgan fingerprint density at radius 1 is 1.10 bits per heavy atom. The highest BCUT2D eigenvalue weighted by atomic mass is 32.2. The number of aryl methyl sites for hydroxylation is 1. The molecule has 9 heteroatoms. The monoisotopic (exact) mass is 435 g/mol. The van der Waals surface area contributed by atoms with Gasteiger partial charge < -0.3 is 14.5 Å². The Kier molecular flexibility index (Phi) is 6.94. The zero-order valence-corrected chi connectivity index (χ0v) is 17.9. The first-order valence-electron chi connectivity index (χ1n) is 9.80. The molecule has 1 saturated heterocycles. The molecule has 0 atom stereocenters. The largest absolute Gasteiger partial charge is 0.483 e. The second-order valence-electron chi connectivity index (χ2n) is 7.14. The van der Waals surface area contributed by atoms with Crippen LogP contribution in [0.25, 0.3) is 0 Å². The van der Waals surface area contributed by atoms with Gasteiger partial charge in [-0.25, -0.2) is 12.8 Å². The van der Waals surface area contributed by atoms with Crippen LogP contribution >= 0.6 is 0 Å². The van der Waals surface area contributed by atoms with Crippen LogP contribution in [0.5, 0.6) is 5.75 Å². The van der Waals surface area contributed by atoms with Crippen LogP contribution in [-0.2, 0) is 14.8 Å². The fourth-order valence-corrected chi connectivity index (χ4v) is 4.37. The van der Waals surface area contributed by atoms with E-state index < -0.39 is 15.8 Å². The molecule has 7 nitrogen and oxygen atoms in total. The van der Waals surface area contributed by atoms with Gasteiger partial charge >= 0.3 is 0 Å². The summed E-state index contributed by atoms with van der Waals surface area (Å²) >= 11 is 0. The number of benzene rings is 2. The number of nitrogens with one attached hydrogen (secondary N) is 1. The minimum absolute atomic E-state index is 0.0543. The zero-order valence-electron chi connectivity index (χ0n) is 17.1. The lowest BCUT2D eigenvalue weighted by Gasteiger charge is -2.34. The minimum Gasteiger partial charge on any atom is -0.483 e. The van der Waals surface area contributed by atoms with Crippen molar-refractivity contribution in [3.8, 4) is 5.75 Å². The summed E-state index contributed by atoms with van der Waals surface area (Å²) in [5, 5.41) is 0. The third-order valence-corrected chi connectivity index (χ3v) is 6.46. The standard InChI is InChI=1S/C21H26FN3O4S/c1-3-24-10-12-25(13-11-24)21(26)15-29-20-9-8-19(14-16(20)2)30(27,28)23-18-6-4-17(22)5-7-18/h4-9,14,23H,3,10-13,15H2,1-2H3. The smallest absolute Gasteiger partial charge is 0.261 e. The van der Waals surface area contributed by atoms with E-state index in [1.54, 1.807) is 11.8 Å². The van der Waals surface area contributed by atoms with Crippen LogP contribution in [0.15, 0.2) is 47.4 Å². The molecule has 0 radical (unpaired) electrons. The number of sulfonamides is 1. The number of likely N-dealkylation sites (N-methyl/N-ethyl adjacent to an activating group) is 1. The van der Waals surface area contributed by atoms with E-state index in [2.05, 4.69) is 16.5 Å². The van der Waals surface area contributed by atoms with Crippen molar-refractivity contribution in [2.75, 3.05) is 44.1 Å². The first kappa shape index (κ1) is 22.0. The van der Waals surface area contributed by atoms with Crippen molar-refractivity contribution in [2.24, 2.45) is 0 Å². The number of ether oxygens (including phenoxy) is 1. The second-order valence-corrected chi connectivity index (χ2v) is 8.83. The van der Waals surface area contributed by atoms with Crippen molar-refractivity contribution < 1.29 is 22.3 Å². The van der Waals surface area contributed by atoms with Crippen molar-refractivity contribution in [3.63, 3.8) is 0 Å². The van der Waals surface area contributed by atoms with Crippen LogP contribution in [0.1, 0.15) is 12.5 Å². The van der Waals surface area contributed by atoms with Crippen molar-refractivity contribution in [1.29, 1.82) is 0 Å². The molecule has 1 N–H and O–H groups in total. The Hall–Kier alpha value is -2.65. The molecule has 2 aromatic rings. The summed E-state index contributed by atoms with van der Waals surface area (Å²) in [7, 11) is -3.83. The Morgan fingerprint density at radius 3 is 2.37 bits per heavy atom. The Labute approximate surface area is 176 Å². The maximum absolute atomic E-state index is 13.0. The predicted octanol–water partition coefficient (Wildman–Crippen LogP) is 2.48. The molecule has 0 spiro atoms.